The first-order valence-electron chi connectivity index (χ1n) is 7.09. The number of carbonyl (C=O) groups excluding carboxylic acids is 1. The van der Waals surface area contributed by atoms with Crippen LogP contribution in [-0.4, -0.2) is 29.6 Å². The Morgan fingerprint density at radius 1 is 1.48 bits per heavy atom. The van der Waals surface area contributed by atoms with Gasteiger partial charge in [0.1, 0.15) is 5.75 Å². The van der Waals surface area contributed by atoms with Gasteiger partial charge in [-0.1, -0.05) is 13.0 Å². The molecule has 6 nitrogen and oxygen atoms in total. The molecule has 0 saturated heterocycles. The molecule has 1 heterocycles. The normalized spacial score (nSPS) is 17.3. The zero-order valence-corrected chi connectivity index (χ0v) is 12.0. The summed E-state index contributed by atoms with van der Waals surface area (Å²) in [5.41, 5.74) is 7.22. The third-order valence-corrected chi connectivity index (χ3v) is 3.50. The fraction of sp³-hybridized carbons (Fsp3) is 0.467. The van der Waals surface area contributed by atoms with Gasteiger partial charge >= 0.3 is 5.97 Å². The molecule has 1 aromatic carbocycles. The van der Waals surface area contributed by atoms with Gasteiger partial charge in [-0.25, -0.2) is 0 Å². The van der Waals surface area contributed by atoms with Crippen molar-refractivity contribution in [2.24, 2.45) is 5.73 Å². The van der Waals surface area contributed by atoms with Crippen LogP contribution >= 0.6 is 0 Å². The second kappa shape index (κ2) is 6.58. The highest BCUT2D eigenvalue weighted by Crippen LogP contribution is 2.35. The van der Waals surface area contributed by atoms with Gasteiger partial charge in [0.15, 0.2) is 6.10 Å². The summed E-state index contributed by atoms with van der Waals surface area (Å²) in [5.74, 6) is -0.336. The lowest BCUT2D eigenvalue weighted by molar-refractivity contribution is -0.137. The molecule has 0 fully saturated rings. The molecule has 1 amide bonds. The molecule has 0 radical (unpaired) electrons. The Morgan fingerprint density at radius 2 is 2.24 bits per heavy atom. The molecule has 0 saturated carbocycles. The first-order valence-corrected chi connectivity index (χ1v) is 7.09. The highest BCUT2D eigenvalue weighted by Gasteiger charge is 2.33. The van der Waals surface area contributed by atoms with E-state index in [1.165, 1.54) is 0 Å². The Balaban J connectivity index is 2.27. The summed E-state index contributed by atoms with van der Waals surface area (Å²) in [6.07, 6.45) is 0.509. The number of rotatable bonds is 6. The number of carboxylic acids is 1. The van der Waals surface area contributed by atoms with Crippen molar-refractivity contribution in [2.45, 2.75) is 38.8 Å². The molecule has 3 N–H and O–H groups in total. The van der Waals surface area contributed by atoms with Gasteiger partial charge in [-0.05, 0) is 30.5 Å². The smallest absolute Gasteiger partial charge is 0.303 e. The molecule has 1 atom stereocenters. The minimum atomic E-state index is -0.862. The number of nitrogens with zero attached hydrogens (tertiary/aromatic N) is 1. The number of hydrogen-bond acceptors (Lipinski definition) is 4. The van der Waals surface area contributed by atoms with Crippen LogP contribution in [0.5, 0.6) is 5.75 Å². The van der Waals surface area contributed by atoms with E-state index >= 15 is 0 Å². The van der Waals surface area contributed by atoms with Gasteiger partial charge in [0.2, 0.25) is 0 Å². The second-order valence-corrected chi connectivity index (χ2v) is 5.01. The Kier molecular flexibility index (Phi) is 4.80. The molecular formula is C15H20N2O4. The van der Waals surface area contributed by atoms with Crippen LogP contribution in [0.2, 0.25) is 0 Å². The molecule has 0 spiro atoms. The number of anilines is 1. The third-order valence-electron chi connectivity index (χ3n) is 3.50. The summed E-state index contributed by atoms with van der Waals surface area (Å²) in [7, 11) is 0. The van der Waals surface area contributed by atoms with Crippen molar-refractivity contribution >= 4 is 17.6 Å². The molecule has 2 rings (SSSR count). The van der Waals surface area contributed by atoms with Crippen LogP contribution in [0, 0.1) is 0 Å². The molecule has 0 aliphatic carbocycles. The zero-order chi connectivity index (χ0) is 15.4. The number of fused-ring (bicyclic) bond motifs is 1. The van der Waals surface area contributed by atoms with Gasteiger partial charge in [-0.3, -0.25) is 9.59 Å². The van der Waals surface area contributed by atoms with E-state index in [0.29, 0.717) is 37.4 Å². The molecule has 6 heteroatoms. The number of ether oxygens (including phenoxy) is 1. The van der Waals surface area contributed by atoms with E-state index in [1.54, 1.807) is 4.90 Å². The van der Waals surface area contributed by atoms with Crippen molar-refractivity contribution in [3.63, 3.8) is 0 Å². The fourth-order valence-electron chi connectivity index (χ4n) is 2.37. The predicted octanol–water partition coefficient (Wildman–Crippen LogP) is 1.51. The predicted molar refractivity (Wildman–Crippen MR) is 78.3 cm³/mol. The van der Waals surface area contributed by atoms with Crippen LogP contribution in [0.1, 0.15) is 31.7 Å². The molecule has 1 aromatic rings. The van der Waals surface area contributed by atoms with Crippen LogP contribution < -0.4 is 15.4 Å². The monoisotopic (exact) mass is 292 g/mol. The third kappa shape index (κ3) is 3.33. The summed E-state index contributed by atoms with van der Waals surface area (Å²) in [6.45, 7) is 2.63. The number of aliphatic carboxylic acids is 1. The lowest BCUT2D eigenvalue weighted by atomic mass is 10.1. The number of amides is 1. The lowest BCUT2D eigenvalue weighted by Crippen LogP contribution is -2.46. The van der Waals surface area contributed by atoms with E-state index < -0.39 is 12.1 Å². The topological polar surface area (TPSA) is 92.9 Å². The molecule has 114 valence electrons. The van der Waals surface area contributed by atoms with Crippen molar-refractivity contribution in [1.29, 1.82) is 0 Å². The van der Waals surface area contributed by atoms with E-state index in [1.807, 2.05) is 25.1 Å². The molecule has 1 aliphatic rings. The highest BCUT2D eigenvalue weighted by molar-refractivity contribution is 6.00. The van der Waals surface area contributed by atoms with E-state index in [4.69, 9.17) is 15.6 Å². The van der Waals surface area contributed by atoms with Gasteiger partial charge in [0.25, 0.3) is 5.91 Å². The van der Waals surface area contributed by atoms with Gasteiger partial charge in [-0.2, -0.15) is 0 Å². The summed E-state index contributed by atoms with van der Waals surface area (Å²) < 4.78 is 5.70. The van der Waals surface area contributed by atoms with E-state index in [0.717, 1.165) is 5.56 Å². The molecule has 21 heavy (non-hydrogen) atoms. The standard InChI is InChI=1S/C15H20N2O4/c1-2-12-15(20)17(7-3-4-14(18)19)11-8-10(9-16)5-6-13(11)21-12/h5-6,8,12H,2-4,7,9,16H2,1H3,(H,18,19). The molecule has 0 aromatic heterocycles. The lowest BCUT2D eigenvalue weighted by Gasteiger charge is -2.34. The van der Waals surface area contributed by atoms with E-state index in [-0.39, 0.29) is 12.3 Å². The number of benzene rings is 1. The second-order valence-electron chi connectivity index (χ2n) is 5.01. The van der Waals surface area contributed by atoms with E-state index in [9.17, 15) is 9.59 Å². The summed E-state index contributed by atoms with van der Waals surface area (Å²) in [5, 5.41) is 8.74. The van der Waals surface area contributed by atoms with Gasteiger partial charge in [0, 0.05) is 19.5 Å². The number of carbonyl (C=O) groups is 2. The summed E-state index contributed by atoms with van der Waals surface area (Å²) in [6, 6.07) is 5.52. The molecule has 1 unspecified atom stereocenters. The SMILES string of the molecule is CCC1Oc2ccc(CN)cc2N(CCCC(=O)O)C1=O. The Morgan fingerprint density at radius 3 is 2.86 bits per heavy atom. The van der Waals surface area contributed by atoms with Crippen LogP contribution in [-0.2, 0) is 16.1 Å². The maximum Gasteiger partial charge on any atom is 0.303 e. The quantitative estimate of drug-likeness (QED) is 0.829. The average Bonchev–Trinajstić information content (AvgIpc) is 2.48. The van der Waals surface area contributed by atoms with Crippen molar-refractivity contribution in [3.8, 4) is 5.75 Å². The zero-order valence-electron chi connectivity index (χ0n) is 12.0. The average molecular weight is 292 g/mol. The summed E-state index contributed by atoms with van der Waals surface area (Å²) in [4.78, 5) is 24.7. The van der Waals surface area contributed by atoms with Crippen molar-refractivity contribution in [1.82, 2.24) is 0 Å². The summed E-state index contributed by atoms with van der Waals surface area (Å²) >= 11 is 0. The van der Waals surface area contributed by atoms with Crippen molar-refractivity contribution in [2.75, 3.05) is 11.4 Å². The van der Waals surface area contributed by atoms with Crippen LogP contribution in [0.25, 0.3) is 0 Å². The minimum Gasteiger partial charge on any atom is -0.481 e. The minimum absolute atomic E-state index is 0.0351. The Bertz CT molecular complexity index is 544. The Labute approximate surface area is 123 Å². The van der Waals surface area contributed by atoms with Crippen LogP contribution in [0.15, 0.2) is 18.2 Å². The van der Waals surface area contributed by atoms with Gasteiger partial charge in [-0.15, -0.1) is 0 Å². The van der Waals surface area contributed by atoms with Gasteiger partial charge < -0.3 is 20.5 Å². The molecular weight excluding hydrogens is 272 g/mol. The first-order chi connectivity index (χ1) is 10.1. The Hall–Kier alpha value is -2.08. The first kappa shape index (κ1) is 15.3. The van der Waals surface area contributed by atoms with Crippen molar-refractivity contribution < 1.29 is 19.4 Å². The van der Waals surface area contributed by atoms with Crippen LogP contribution in [0.4, 0.5) is 5.69 Å². The maximum atomic E-state index is 12.4. The number of nitrogens with two attached hydrogens (primary N) is 1. The van der Waals surface area contributed by atoms with Crippen LogP contribution in [0.3, 0.4) is 0 Å². The maximum absolute atomic E-state index is 12.4. The highest BCUT2D eigenvalue weighted by atomic mass is 16.5. The largest absolute Gasteiger partial charge is 0.481 e. The van der Waals surface area contributed by atoms with Crippen molar-refractivity contribution in [3.05, 3.63) is 23.8 Å². The van der Waals surface area contributed by atoms with Gasteiger partial charge in [0.05, 0.1) is 5.69 Å². The number of carboxylic acid groups (broad SMARTS) is 1. The fourth-order valence-corrected chi connectivity index (χ4v) is 2.37. The van der Waals surface area contributed by atoms with E-state index in [2.05, 4.69) is 0 Å². The molecule has 0 bridgehead atoms. The molecule has 1 aliphatic heterocycles. The number of hydrogen-bond donors (Lipinski definition) is 2.